The number of rotatable bonds is 1. The van der Waals surface area contributed by atoms with Crippen molar-refractivity contribution in [3.63, 3.8) is 0 Å². The van der Waals surface area contributed by atoms with E-state index >= 15 is 0 Å². The van der Waals surface area contributed by atoms with Crippen LogP contribution in [0.1, 0.15) is 33.1 Å². The predicted octanol–water partition coefficient (Wildman–Crippen LogP) is 0.971. The number of hydroxylamine groups is 2. The van der Waals surface area contributed by atoms with Crippen LogP contribution in [0.2, 0.25) is 0 Å². The molecule has 0 N–H and O–H groups in total. The third-order valence-corrected chi connectivity index (χ3v) is 2.74. The van der Waals surface area contributed by atoms with Crippen LogP contribution in [0.15, 0.2) is 0 Å². The van der Waals surface area contributed by atoms with Crippen LogP contribution in [0, 0.1) is 0 Å². The minimum Gasteiger partial charge on any atom is -0.313 e. The molecule has 2 saturated heterocycles. The molecule has 0 aromatic rings. The van der Waals surface area contributed by atoms with Crippen molar-refractivity contribution in [3.05, 3.63) is 0 Å². The lowest BCUT2D eigenvalue weighted by molar-refractivity contribution is -0.346. The average molecular weight is 231 g/mol. The highest BCUT2D eigenvalue weighted by Gasteiger charge is 2.49. The van der Waals surface area contributed by atoms with Gasteiger partial charge in [0.15, 0.2) is 5.79 Å². The quantitative estimate of drug-likeness (QED) is 0.629. The molecule has 1 atom stereocenters. The Hall–Kier alpha value is -0.690. The first-order valence-corrected chi connectivity index (χ1v) is 5.38. The van der Waals surface area contributed by atoms with E-state index in [9.17, 15) is 4.79 Å². The summed E-state index contributed by atoms with van der Waals surface area (Å²) >= 11 is 0. The summed E-state index contributed by atoms with van der Waals surface area (Å²) in [5, 5.41) is 1.33. The third kappa shape index (κ3) is 2.20. The summed E-state index contributed by atoms with van der Waals surface area (Å²) in [5.41, 5.74) is 0. The highest BCUT2D eigenvalue weighted by atomic mass is 17.3. The first-order valence-electron chi connectivity index (χ1n) is 5.38. The van der Waals surface area contributed by atoms with Crippen LogP contribution in [0.3, 0.4) is 0 Å². The Labute approximate surface area is 94.3 Å². The fraction of sp³-hybridized carbons (Fsp3) is 0.900. The highest BCUT2D eigenvalue weighted by molar-refractivity contribution is 5.75. The van der Waals surface area contributed by atoms with E-state index in [2.05, 4.69) is 0 Å². The van der Waals surface area contributed by atoms with E-state index in [1.165, 1.54) is 12.2 Å². The molecule has 0 aromatic carbocycles. The second-order valence-corrected chi connectivity index (χ2v) is 4.51. The van der Waals surface area contributed by atoms with E-state index in [4.69, 9.17) is 19.3 Å². The Morgan fingerprint density at radius 3 is 2.62 bits per heavy atom. The van der Waals surface area contributed by atoms with Crippen molar-refractivity contribution in [2.75, 3.05) is 13.7 Å². The zero-order chi connectivity index (χ0) is 11.8. The average Bonchev–Trinajstić information content (AvgIpc) is 2.43. The minimum atomic E-state index is -0.813. The molecule has 1 unspecified atom stereocenters. The van der Waals surface area contributed by atoms with Gasteiger partial charge >= 0.3 is 0 Å². The predicted molar refractivity (Wildman–Crippen MR) is 52.6 cm³/mol. The van der Waals surface area contributed by atoms with Crippen molar-refractivity contribution >= 4 is 5.91 Å². The molecule has 2 aliphatic heterocycles. The Morgan fingerprint density at radius 2 is 2.06 bits per heavy atom. The van der Waals surface area contributed by atoms with Gasteiger partial charge in [-0.25, -0.2) is 5.06 Å². The summed E-state index contributed by atoms with van der Waals surface area (Å²) < 4.78 is 5.72. The molecular formula is C10H17NO5. The van der Waals surface area contributed by atoms with E-state index in [1.807, 2.05) is 0 Å². The van der Waals surface area contributed by atoms with Crippen molar-refractivity contribution in [3.8, 4) is 0 Å². The standard InChI is InChI=1S/C10H17NO5/c1-9(2)14-10(16-15-9)5-4-8(12)11(13-3)7-6-10/h4-7H2,1-3H3. The monoisotopic (exact) mass is 231 g/mol. The summed E-state index contributed by atoms with van der Waals surface area (Å²) in [5.74, 6) is -1.63. The number of hydrogen-bond donors (Lipinski definition) is 0. The Balaban J connectivity index is 2.06. The van der Waals surface area contributed by atoms with Crippen LogP contribution in [0.5, 0.6) is 0 Å². The summed E-state index contributed by atoms with van der Waals surface area (Å²) in [6.45, 7) is 4.00. The molecule has 6 heteroatoms. The molecular weight excluding hydrogens is 214 g/mol. The molecule has 6 nitrogen and oxygen atoms in total. The summed E-state index contributed by atoms with van der Waals surface area (Å²) in [6, 6.07) is 0. The van der Waals surface area contributed by atoms with Gasteiger partial charge in [0.05, 0.1) is 13.7 Å². The van der Waals surface area contributed by atoms with E-state index < -0.39 is 11.6 Å². The zero-order valence-corrected chi connectivity index (χ0v) is 9.82. The lowest BCUT2D eigenvalue weighted by Crippen LogP contribution is -2.35. The second kappa shape index (κ2) is 3.96. The summed E-state index contributed by atoms with van der Waals surface area (Å²) in [7, 11) is 1.48. The number of amides is 1. The van der Waals surface area contributed by atoms with Crippen molar-refractivity contribution in [1.29, 1.82) is 0 Å². The van der Waals surface area contributed by atoms with Crippen LogP contribution in [0.25, 0.3) is 0 Å². The Morgan fingerprint density at radius 1 is 1.31 bits per heavy atom. The molecule has 2 rings (SSSR count). The van der Waals surface area contributed by atoms with Crippen molar-refractivity contribution in [1.82, 2.24) is 5.06 Å². The molecule has 0 aromatic heterocycles. The third-order valence-electron chi connectivity index (χ3n) is 2.74. The lowest BCUT2D eigenvalue weighted by Gasteiger charge is -2.24. The maximum atomic E-state index is 11.6. The maximum absolute atomic E-state index is 11.6. The first-order chi connectivity index (χ1) is 7.46. The number of carbonyl (C=O) groups excluding carboxylic acids is 1. The largest absolute Gasteiger partial charge is 0.313 e. The highest BCUT2D eigenvalue weighted by Crippen LogP contribution is 2.39. The molecule has 1 amide bonds. The van der Waals surface area contributed by atoms with E-state index in [-0.39, 0.29) is 5.91 Å². The van der Waals surface area contributed by atoms with Gasteiger partial charge in [-0.3, -0.25) is 9.63 Å². The molecule has 0 bridgehead atoms. The molecule has 2 fully saturated rings. The topological polar surface area (TPSA) is 57.2 Å². The Bertz CT molecular complexity index is 293. The van der Waals surface area contributed by atoms with Crippen molar-refractivity contribution in [2.24, 2.45) is 0 Å². The van der Waals surface area contributed by atoms with E-state index in [0.717, 1.165) is 0 Å². The molecule has 1 spiro atoms. The molecule has 2 aliphatic rings. The fourth-order valence-electron chi connectivity index (χ4n) is 1.98. The SMILES string of the molecule is CON1CCC2(CCC1=O)OOC(C)(C)O2. The number of nitrogens with zero attached hydrogens (tertiary/aromatic N) is 1. The minimum absolute atomic E-state index is 0.0590. The molecule has 92 valence electrons. The van der Waals surface area contributed by atoms with Crippen LogP contribution >= 0.6 is 0 Å². The first kappa shape index (κ1) is 11.8. The van der Waals surface area contributed by atoms with Crippen LogP contribution in [0.4, 0.5) is 0 Å². The number of hydrogen-bond acceptors (Lipinski definition) is 5. The van der Waals surface area contributed by atoms with Crippen molar-refractivity contribution < 1.29 is 24.1 Å². The van der Waals surface area contributed by atoms with Crippen LogP contribution in [-0.4, -0.2) is 36.2 Å². The fourth-order valence-corrected chi connectivity index (χ4v) is 1.98. The van der Waals surface area contributed by atoms with E-state index in [0.29, 0.717) is 25.8 Å². The maximum Gasteiger partial charge on any atom is 0.246 e. The van der Waals surface area contributed by atoms with Crippen LogP contribution < -0.4 is 0 Å². The van der Waals surface area contributed by atoms with E-state index in [1.54, 1.807) is 13.8 Å². The number of carbonyl (C=O) groups is 1. The smallest absolute Gasteiger partial charge is 0.246 e. The molecule has 0 aliphatic carbocycles. The normalized spacial score (nSPS) is 34.4. The Kier molecular flexibility index (Phi) is 2.91. The van der Waals surface area contributed by atoms with Crippen LogP contribution in [-0.2, 0) is 24.1 Å². The molecule has 0 saturated carbocycles. The van der Waals surface area contributed by atoms with Gasteiger partial charge in [0.1, 0.15) is 0 Å². The number of ether oxygens (including phenoxy) is 1. The van der Waals surface area contributed by atoms with Crippen molar-refractivity contribution in [2.45, 2.75) is 44.7 Å². The van der Waals surface area contributed by atoms with Gasteiger partial charge in [0.25, 0.3) is 0 Å². The summed E-state index contributed by atoms with van der Waals surface area (Å²) in [6.07, 6.45) is 1.35. The summed E-state index contributed by atoms with van der Waals surface area (Å²) in [4.78, 5) is 26.9. The zero-order valence-electron chi connectivity index (χ0n) is 9.82. The van der Waals surface area contributed by atoms with Gasteiger partial charge in [-0.05, 0) is 13.8 Å². The van der Waals surface area contributed by atoms with Gasteiger partial charge in [0, 0.05) is 19.3 Å². The van der Waals surface area contributed by atoms with Gasteiger partial charge in [-0.1, -0.05) is 0 Å². The molecule has 2 heterocycles. The molecule has 0 radical (unpaired) electrons. The second-order valence-electron chi connectivity index (χ2n) is 4.51. The van der Waals surface area contributed by atoms with Gasteiger partial charge in [-0.15, -0.1) is 0 Å². The lowest BCUT2D eigenvalue weighted by atomic mass is 10.1. The van der Waals surface area contributed by atoms with Gasteiger partial charge in [-0.2, -0.15) is 9.78 Å². The van der Waals surface area contributed by atoms with Gasteiger partial charge in [0.2, 0.25) is 11.7 Å². The van der Waals surface area contributed by atoms with Gasteiger partial charge < -0.3 is 4.74 Å². The molecule has 16 heavy (non-hydrogen) atoms.